The number of hydrogen-bond donors (Lipinski definition) is 3. The first-order valence-corrected chi connectivity index (χ1v) is 13.1. The van der Waals surface area contributed by atoms with Gasteiger partial charge in [0, 0.05) is 30.1 Å². The molecule has 0 bridgehead atoms. The average Bonchev–Trinajstić information content (AvgIpc) is 2.97. The first-order chi connectivity index (χ1) is 19.4. The van der Waals surface area contributed by atoms with Gasteiger partial charge in [-0.2, -0.15) is 0 Å². The van der Waals surface area contributed by atoms with E-state index >= 15 is 0 Å². The molecule has 40 heavy (non-hydrogen) atoms. The van der Waals surface area contributed by atoms with E-state index in [1.807, 2.05) is 55.5 Å². The fourth-order valence-electron chi connectivity index (χ4n) is 4.28. The van der Waals surface area contributed by atoms with Crippen molar-refractivity contribution in [1.82, 2.24) is 4.98 Å². The van der Waals surface area contributed by atoms with Gasteiger partial charge in [0.15, 0.2) is 5.78 Å². The van der Waals surface area contributed by atoms with Crippen molar-refractivity contribution in [2.45, 2.75) is 26.2 Å². The summed E-state index contributed by atoms with van der Waals surface area (Å²) in [6, 6.07) is 25.0. The maximum Gasteiger partial charge on any atom is 0.323 e. The minimum atomic E-state index is -0.972. The fraction of sp³-hybridized carbons (Fsp3) is 0.188. The van der Waals surface area contributed by atoms with Gasteiger partial charge in [0.25, 0.3) is 0 Å². The number of carboxylic acids is 1. The van der Waals surface area contributed by atoms with Crippen LogP contribution < -0.4 is 15.4 Å². The quantitative estimate of drug-likeness (QED) is 0.173. The van der Waals surface area contributed by atoms with Crippen LogP contribution in [0.5, 0.6) is 5.75 Å². The molecule has 204 valence electrons. The van der Waals surface area contributed by atoms with Crippen molar-refractivity contribution in [2.75, 3.05) is 17.2 Å². The number of aromatic nitrogens is 1. The number of benzene rings is 3. The van der Waals surface area contributed by atoms with E-state index in [9.17, 15) is 19.5 Å². The number of ether oxygens (including phenoxy) is 1. The molecule has 0 aliphatic rings. The number of carbonyl (C=O) groups excluding carboxylic acids is 2. The Bertz CT molecular complexity index is 1440. The number of urea groups is 1. The predicted octanol–water partition coefficient (Wildman–Crippen LogP) is 6.70. The molecule has 0 fully saturated rings. The second-order valence-electron chi connectivity index (χ2n) is 9.22. The lowest BCUT2D eigenvalue weighted by atomic mass is 9.92. The van der Waals surface area contributed by atoms with E-state index in [2.05, 4.69) is 15.6 Å². The van der Waals surface area contributed by atoms with Crippen LogP contribution in [0, 0.1) is 5.92 Å². The van der Waals surface area contributed by atoms with Gasteiger partial charge in [-0.05, 0) is 72.9 Å². The molecular weight excluding hydrogens is 506 g/mol. The molecule has 0 spiro atoms. The van der Waals surface area contributed by atoms with E-state index in [1.54, 1.807) is 48.8 Å². The highest BCUT2D eigenvalue weighted by atomic mass is 16.5. The SMILES string of the molecule is CCOc1ccccc1NC(=O)Nc1ccc(-c2ccc(C(=O)CC(CCc3ccncc3)C(=O)O)cc2)cc1. The molecular formula is C32H31N3O5. The molecule has 0 radical (unpaired) electrons. The van der Waals surface area contributed by atoms with Gasteiger partial charge in [-0.25, -0.2) is 4.79 Å². The molecule has 1 atom stereocenters. The largest absolute Gasteiger partial charge is 0.492 e. The van der Waals surface area contributed by atoms with Crippen molar-refractivity contribution in [3.8, 4) is 16.9 Å². The van der Waals surface area contributed by atoms with Crippen LogP contribution in [0.2, 0.25) is 0 Å². The number of para-hydroxylation sites is 2. The molecule has 0 saturated carbocycles. The van der Waals surface area contributed by atoms with E-state index in [0.717, 1.165) is 16.7 Å². The maximum atomic E-state index is 12.8. The number of hydrogen-bond acceptors (Lipinski definition) is 5. The summed E-state index contributed by atoms with van der Waals surface area (Å²) >= 11 is 0. The number of anilines is 2. The fourth-order valence-corrected chi connectivity index (χ4v) is 4.28. The highest BCUT2D eigenvalue weighted by Crippen LogP contribution is 2.26. The number of aliphatic carboxylic acids is 1. The summed E-state index contributed by atoms with van der Waals surface area (Å²) in [5.74, 6) is -1.34. The molecule has 1 heterocycles. The van der Waals surface area contributed by atoms with Crippen LogP contribution in [0.3, 0.4) is 0 Å². The highest BCUT2D eigenvalue weighted by molar-refractivity contribution is 6.01. The third kappa shape index (κ3) is 7.77. The Morgan fingerprint density at radius 2 is 1.50 bits per heavy atom. The van der Waals surface area contributed by atoms with Crippen molar-refractivity contribution in [2.24, 2.45) is 5.92 Å². The van der Waals surface area contributed by atoms with Crippen LogP contribution in [0.15, 0.2) is 97.3 Å². The third-order valence-corrected chi connectivity index (χ3v) is 6.43. The van der Waals surface area contributed by atoms with Crippen molar-refractivity contribution in [3.05, 3.63) is 108 Å². The standard InChI is InChI=1S/C32H31N3O5/c1-2-40-30-6-4-3-5-28(30)35-32(39)34-27-15-13-24(14-16-27)23-9-11-25(12-10-23)29(36)21-26(31(37)38)8-7-22-17-19-33-20-18-22/h3-6,9-20,26H,2,7-8,21H2,1H3,(H,37,38)(H2,34,35,39). The van der Waals surface area contributed by atoms with E-state index in [1.165, 1.54) is 0 Å². The molecule has 2 amide bonds. The molecule has 8 nitrogen and oxygen atoms in total. The van der Waals surface area contributed by atoms with Crippen LogP contribution in [0.1, 0.15) is 35.7 Å². The van der Waals surface area contributed by atoms with E-state index < -0.39 is 11.9 Å². The van der Waals surface area contributed by atoms with Crippen LogP contribution in [0.25, 0.3) is 11.1 Å². The topological polar surface area (TPSA) is 118 Å². The van der Waals surface area contributed by atoms with Gasteiger partial charge in [0.2, 0.25) is 0 Å². The summed E-state index contributed by atoms with van der Waals surface area (Å²) < 4.78 is 5.54. The zero-order valence-corrected chi connectivity index (χ0v) is 22.2. The Kier molecular flexibility index (Phi) is 9.61. The molecule has 1 unspecified atom stereocenters. The monoisotopic (exact) mass is 537 g/mol. The molecule has 3 aromatic carbocycles. The van der Waals surface area contributed by atoms with Crippen LogP contribution >= 0.6 is 0 Å². The summed E-state index contributed by atoms with van der Waals surface area (Å²) in [5, 5.41) is 15.2. The maximum absolute atomic E-state index is 12.8. The number of rotatable bonds is 12. The van der Waals surface area contributed by atoms with Crippen molar-refractivity contribution >= 4 is 29.2 Å². The summed E-state index contributed by atoms with van der Waals surface area (Å²) in [6.07, 6.45) is 4.23. The summed E-state index contributed by atoms with van der Waals surface area (Å²) in [5.41, 5.74) is 4.47. The van der Waals surface area contributed by atoms with Crippen molar-refractivity contribution in [3.63, 3.8) is 0 Å². The molecule has 3 N–H and O–H groups in total. The molecule has 4 aromatic rings. The van der Waals surface area contributed by atoms with Crippen molar-refractivity contribution < 1.29 is 24.2 Å². The van der Waals surface area contributed by atoms with E-state index in [-0.39, 0.29) is 18.2 Å². The lowest BCUT2D eigenvalue weighted by molar-refractivity contribution is -0.141. The number of pyridine rings is 1. The van der Waals surface area contributed by atoms with Gasteiger partial charge in [-0.1, -0.05) is 48.5 Å². The second kappa shape index (κ2) is 13.7. The zero-order valence-electron chi connectivity index (χ0n) is 22.2. The highest BCUT2D eigenvalue weighted by Gasteiger charge is 2.22. The molecule has 0 aliphatic carbocycles. The van der Waals surface area contributed by atoms with Gasteiger partial charge >= 0.3 is 12.0 Å². The molecule has 4 rings (SSSR count). The van der Waals surface area contributed by atoms with Crippen LogP contribution in [-0.2, 0) is 11.2 Å². The Balaban J connectivity index is 1.33. The number of amides is 2. The van der Waals surface area contributed by atoms with Gasteiger partial charge in [-0.15, -0.1) is 0 Å². The lowest BCUT2D eigenvalue weighted by Gasteiger charge is -2.13. The molecule has 0 saturated heterocycles. The molecule has 1 aromatic heterocycles. The number of carbonyl (C=O) groups is 3. The molecule has 0 aliphatic heterocycles. The van der Waals surface area contributed by atoms with Gasteiger partial charge in [-0.3, -0.25) is 14.6 Å². The average molecular weight is 538 g/mol. The lowest BCUT2D eigenvalue weighted by Crippen LogP contribution is -2.19. The smallest absolute Gasteiger partial charge is 0.323 e. The van der Waals surface area contributed by atoms with Gasteiger partial charge in [0.05, 0.1) is 18.2 Å². The third-order valence-electron chi connectivity index (χ3n) is 6.43. The van der Waals surface area contributed by atoms with E-state index in [4.69, 9.17) is 4.74 Å². The number of carboxylic acid groups (broad SMARTS) is 1. The summed E-state index contributed by atoms with van der Waals surface area (Å²) in [7, 11) is 0. The number of nitrogens with zero attached hydrogens (tertiary/aromatic N) is 1. The minimum Gasteiger partial charge on any atom is -0.492 e. The Labute approximate surface area is 233 Å². The summed E-state index contributed by atoms with van der Waals surface area (Å²) in [4.78, 5) is 41.0. The van der Waals surface area contributed by atoms with Gasteiger partial charge in [0.1, 0.15) is 5.75 Å². The van der Waals surface area contributed by atoms with Crippen LogP contribution in [-0.4, -0.2) is 34.5 Å². The molecule has 8 heteroatoms. The van der Waals surface area contributed by atoms with Crippen LogP contribution in [0.4, 0.5) is 16.2 Å². The Morgan fingerprint density at radius 3 is 2.15 bits per heavy atom. The predicted molar refractivity (Wildman–Crippen MR) is 155 cm³/mol. The number of nitrogens with one attached hydrogen (secondary N) is 2. The second-order valence-corrected chi connectivity index (χ2v) is 9.22. The number of Topliss-reactive ketones (excluding diaryl/α,β-unsaturated/α-hetero) is 1. The van der Waals surface area contributed by atoms with Gasteiger partial charge < -0.3 is 20.5 Å². The first kappa shape index (κ1) is 28.0. The van der Waals surface area contributed by atoms with E-state index in [0.29, 0.717) is 42.1 Å². The Morgan fingerprint density at radius 1 is 0.850 bits per heavy atom. The number of aryl methyl sites for hydroxylation is 1. The Hall–Kier alpha value is -4.98. The zero-order chi connectivity index (χ0) is 28.3. The summed E-state index contributed by atoms with van der Waals surface area (Å²) in [6.45, 7) is 2.37. The minimum absolute atomic E-state index is 0.0583. The van der Waals surface area contributed by atoms with Crippen molar-refractivity contribution in [1.29, 1.82) is 0 Å². The first-order valence-electron chi connectivity index (χ1n) is 13.1. The number of ketones is 1. The normalized spacial score (nSPS) is 11.3.